The first-order valence-electron chi connectivity index (χ1n) is 7.37. The summed E-state index contributed by atoms with van der Waals surface area (Å²) >= 11 is 0. The number of halogens is 1. The van der Waals surface area contributed by atoms with Gasteiger partial charge in [-0.1, -0.05) is 18.9 Å². The highest BCUT2D eigenvalue weighted by molar-refractivity contribution is 5.78. The Labute approximate surface area is 124 Å². The molecule has 1 fully saturated rings. The van der Waals surface area contributed by atoms with Crippen LogP contribution in [-0.4, -0.2) is 30.8 Å². The van der Waals surface area contributed by atoms with Crippen LogP contribution in [0.1, 0.15) is 31.2 Å². The van der Waals surface area contributed by atoms with E-state index in [2.05, 4.69) is 5.32 Å². The van der Waals surface area contributed by atoms with Gasteiger partial charge in [0.25, 0.3) is 0 Å². The van der Waals surface area contributed by atoms with E-state index in [-0.39, 0.29) is 30.1 Å². The van der Waals surface area contributed by atoms with Gasteiger partial charge in [-0.05, 0) is 30.5 Å². The number of amides is 1. The number of aliphatic hydroxyl groups excluding tert-OH is 1. The third-order valence-electron chi connectivity index (χ3n) is 4.01. The summed E-state index contributed by atoms with van der Waals surface area (Å²) in [6.07, 6.45) is 3.71. The number of nitrogens with one attached hydrogen (secondary N) is 1. The van der Waals surface area contributed by atoms with Crippen molar-refractivity contribution in [3.8, 4) is 5.75 Å². The summed E-state index contributed by atoms with van der Waals surface area (Å²) in [6, 6.07) is 4.51. The standard InChI is InChI=1S/C16H22FNO3/c1-21-15-7-6-11(8-13(15)17)9-16(20)18-10-12-4-2-3-5-14(12)19/h6-8,12,14,19H,2-5,9-10H2,1H3,(H,18,20). The Kier molecular flexibility index (Phi) is 5.56. The van der Waals surface area contributed by atoms with Crippen LogP contribution in [0.2, 0.25) is 0 Å². The van der Waals surface area contributed by atoms with Crippen molar-refractivity contribution in [2.75, 3.05) is 13.7 Å². The molecule has 4 nitrogen and oxygen atoms in total. The maximum Gasteiger partial charge on any atom is 0.224 e. The van der Waals surface area contributed by atoms with Crippen molar-refractivity contribution in [1.29, 1.82) is 0 Å². The zero-order valence-corrected chi connectivity index (χ0v) is 12.3. The van der Waals surface area contributed by atoms with Crippen molar-refractivity contribution in [1.82, 2.24) is 5.32 Å². The van der Waals surface area contributed by atoms with Gasteiger partial charge >= 0.3 is 0 Å². The van der Waals surface area contributed by atoms with Gasteiger partial charge in [-0.25, -0.2) is 4.39 Å². The van der Waals surface area contributed by atoms with Crippen LogP contribution in [0.25, 0.3) is 0 Å². The highest BCUT2D eigenvalue weighted by Gasteiger charge is 2.23. The highest BCUT2D eigenvalue weighted by Crippen LogP contribution is 2.23. The normalized spacial score (nSPS) is 21.9. The van der Waals surface area contributed by atoms with Crippen molar-refractivity contribution < 1.29 is 19.0 Å². The zero-order valence-electron chi connectivity index (χ0n) is 12.3. The lowest BCUT2D eigenvalue weighted by Gasteiger charge is -2.27. The second kappa shape index (κ2) is 7.41. The first-order chi connectivity index (χ1) is 10.1. The molecule has 0 aliphatic heterocycles. The lowest BCUT2D eigenvalue weighted by molar-refractivity contribution is -0.120. The zero-order chi connectivity index (χ0) is 15.2. The number of methoxy groups -OCH3 is 1. The SMILES string of the molecule is COc1ccc(CC(=O)NCC2CCCCC2O)cc1F. The molecule has 0 saturated heterocycles. The third kappa shape index (κ3) is 4.43. The van der Waals surface area contributed by atoms with Crippen molar-refractivity contribution >= 4 is 5.91 Å². The first kappa shape index (κ1) is 15.8. The molecular formula is C16H22FNO3. The van der Waals surface area contributed by atoms with E-state index in [1.807, 2.05) is 0 Å². The van der Waals surface area contributed by atoms with Gasteiger partial charge in [0.15, 0.2) is 11.6 Å². The van der Waals surface area contributed by atoms with E-state index >= 15 is 0 Å². The quantitative estimate of drug-likeness (QED) is 0.874. The molecule has 0 aromatic heterocycles. The molecule has 0 radical (unpaired) electrons. The molecule has 5 heteroatoms. The molecule has 0 heterocycles. The minimum Gasteiger partial charge on any atom is -0.494 e. The fourth-order valence-electron chi connectivity index (χ4n) is 2.74. The van der Waals surface area contributed by atoms with Gasteiger partial charge in [-0.2, -0.15) is 0 Å². The fraction of sp³-hybridized carbons (Fsp3) is 0.562. The van der Waals surface area contributed by atoms with Gasteiger partial charge in [0, 0.05) is 12.5 Å². The molecule has 1 aromatic carbocycles. The maximum atomic E-state index is 13.5. The van der Waals surface area contributed by atoms with Crippen LogP contribution in [-0.2, 0) is 11.2 Å². The molecule has 1 aliphatic carbocycles. The summed E-state index contributed by atoms with van der Waals surface area (Å²) in [6.45, 7) is 0.485. The molecule has 1 saturated carbocycles. The number of benzene rings is 1. The number of carbonyl (C=O) groups excluding carboxylic acids is 1. The predicted molar refractivity (Wildman–Crippen MR) is 77.6 cm³/mol. The average molecular weight is 295 g/mol. The van der Waals surface area contributed by atoms with Crippen LogP contribution >= 0.6 is 0 Å². The second-order valence-corrected chi connectivity index (χ2v) is 5.56. The van der Waals surface area contributed by atoms with Gasteiger partial charge in [0.2, 0.25) is 5.91 Å². The highest BCUT2D eigenvalue weighted by atomic mass is 19.1. The predicted octanol–water partition coefficient (Wildman–Crippen LogP) is 2.04. The van der Waals surface area contributed by atoms with Gasteiger partial charge in [0.1, 0.15) is 0 Å². The van der Waals surface area contributed by atoms with E-state index in [0.29, 0.717) is 12.1 Å². The second-order valence-electron chi connectivity index (χ2n) is 5.56. The number of hydrogen-bond acceptors (Lipinski definition) is 3. The maximum absolute atomic E-state index is 13.5. The number of ether oxygens (including phenoxy) is 1. The summed E-state index contributed by atoms with van der Waals surface area (Å²) < 4.78 is 18.4. The molecular weight excluding hydrogens is 273 g/mol. The number of hydrogen-bond donors (Lipinski definition) is 2. The Morgan fingerprint density at radius 2 is 2.19 bits per heavy atom. The number of aliphatic hydroxyl groups is 1. The third-order valence-corrected chi connectivity index (χ3v) is 4.01. The topological polar surface area (TPSA) is 58.6 Å². The fourth-order valence-corrected chi connectivity index (χ4v) is 2.74. The van der Waals surface area contributed by atoms with Crippen LogP contribution in [0.5, 0.6) is 5.75 Å². The largest absolute Gasteiger partial charge is 0.494 e. The van der Waals surface area contributed by atoms with Gasteiger partial charge in [-0.3, -0.25) is 4.79 Å². The first-order valence-corrected chi connectivity index (χ1v) is 7.37. The molecule has 0 bridgehead atoms. The van der Waals surface area contributed by atoms with Crippen molar-refractivity contribution in [3.05, 3.63) is 29.6 Å². The van der Waals surface area contributed by atoms with Crippen LogP contribution in [0.3, 0.4) is 0 Å². The molecule has 0 spiro atoms. The summed E-state index contributed by atoms with van der Waals surface area (Å²) in [5.74, 6) is -0.317. The molecule has 1 aromatic rings. The van der Waals surface area contributed by atoms with Crippen LogP contribution < -0.4 is 10.1 Å². The van der Waals surface area contributed by atoms with Gasteiger partial charge < -0.3 is 15.2 Å². The van der Waals surface area contributed by atoms with E-state index < -0.39 is 5.82 Å². The smallest absolute Gasteiger partial charge is 0.224 e. The monoisotopic (exact) mass is 295 g/mol. The molecule has 1 amide bonds. The molecule has 2 unspecified atom stereocenters. The Balaban J connectivity index is 1.82. The van der Waals surface area contributed by atoms with Gasteiger partial charge in [0.05, 0.1) is 19.6 Å². The molecule has 116 valence electrons. The molecule has 2 N–H and O–H groups in total. The number of carbonyl (C=O) groups is 1. The Bertz CT molecular complexity index is 492. The Morgan fingerprint density at radius 1 is 1.43 bits per heavy atom. The van der Waals surface area contributed by atoms with Gasteiger partial charge in [-0.15, -0.1) is 0 Å². The summed E-state index contributed by atoms with van der Waals surface area (Å²) in [7, 11) is 1.40. The van der Waals surface area contributed by atoms with Crippen molar-refractivity contribution in [2.24, 2.45) is 5.92 Å². The van der Waals surface area contributed by atoms with Crippen molar-refractivity contribution in [3.63, 3.8) is 0 Å². The van der Waals surface area contributed by atoms with Crippen LogP contribution in [0.4, 0.5) is 4.39 Å². The lowest BCUT2D eigenvalue weighted by atomic mass is 9.86. The molecule has 2 rings (SSSR count). The van der Waals surface area contributed by atoms with E-state index in [1.54, 1.807) is 6.07 Å². The van der Waals surface area contributed by atoms with E-state index in [4.69, 9.17) is 4.74 Å². The van der Waals surface area contributed by atoms with E-state index in [0.717, 1.165) is 25.7 Å². The van der Waals surface area contributed by atoms with E-state index in [1.165, 1.54) is 19.2 Å². The number of rotatable bonds is 5. The van der Waals surface area contributed by atoms with Crippen LogP contribution in [0.15, 0.2) is 18.2 Å². The van der Waals surface area contributed by atoms with E-state index in [9.17, 15) is 14.3 Å². The molecule has 21 heavy (non-hydrogen) atoms. The van der Waals surface area contributed by atoms with Crippen molar-refractivity contribution in [2.45, 2.75) is 38.2 Å². The minimum absolute atomic E-state index is 0.129. The summed E-state index contributed by atoms with van der Waals surface area (Å²) in [4.78, 5) is 11.9. The van der Waals surface area contributed by atoms with Crippen LogP contribution in [0, 0.1) is 11.7 Å². The minimum atomic E-state index is -0.467. The average Bonchev–Trinajstić information content (AvgIpc) is 2.46. The summed E-state index contributed by atoms with van der Waals surface area (Å²) in [5, 5.41) is 12.7. The lowest BCUT2D eigenvalue weighted by Crippen LogP contribution is -2.37. The molecule has 2 atom stereocenters. The molecule has 1 aliphatic rings. The Morgan fingerprint density at radius 3 is 2.86 bits per heavy atom. The summed E-state index contributed by atoms with van der Waals surface area (Å²) in [5.41, 5.74) is 0.606. The Hall–Kier alpha value is -1.62.